The molecule has 1 aromatic carbocycles. The zero-order chi connectivity index (χ0) is 9.54. The molecule has 82 valence electrons. The second-order valence-electron chi connectivity index (χ2n) is 4.92. The quantitative estimate of drug-likeness (QED) is 0.654. The number of halogens is 1. The van der Waals surface area contributed by atoms with E-state index < -0.39 is 0 Å². The largest absolute Gasteiger partial charge is 0.305 e. The van der Waals surface area contributed by atoms with Crippen LogP contribution >= 0.6 is 12.4 Å². The fourth-order valence-electron chi connectivity index (χ4n) is 3.25. The molecule has 15 heavy (non-hydrogen) atoms. The number of likely N-dealkylation sites (tertiary alicyclic amines) is 1. The van der Waals surface area contributed by atoms with E-state index in [1.807, 2.05) is 0 Å². The van der Waals surface area contributed by atoms with Crippen LogP contribution in [0.15, 0.2) is 24.3 Å². The van der Waals surface area contributed by atoms with Crippen LogP contribution < -0.4 is 0 Å². The molecule has 0 aromatic heterocycles. The average Bonchev–Trinajstić information content (AvgIpc) is 2.17. The number of fused-ring (bicyclic) bond motifs is 4. The number of hydrogen-bond acceptors (Lipinski definition) is 1. The van der Waals surface area contributed by atoms with Crippen LogP contribution in [0, 0.1) is 5.92 Å². The van der Waals surface area contributed by atoms with Crippen molar-refractivity contribution in [1.82, 2.24) is 4.90 Å². The smallest absolute Gasteiger partial charge is 0.00475 e. The third kappa shape index (κ3) is 1.91. The highest BCUT2D eigenvalue weighted by molar-refractivity contribution is 5.85. The van der Waals surface area contributed by atoms with Crippen molar-refractivity contribution < 1.29 is 0 Å². The van der Waals surface area contributed by atoms with Gasteiger partial charge in [-0.25, -0.2) is 0 Å². The number of benzene rings is 1. The van der Waals surface area contributed by atoms with Gasteiger partial charge in [-0.2, -0.15) is 0 Å². The molecule has 1 saturated heterocycles. The molecule has 2 unspecified atom stereocenters. The normalized spacial score (nSPS) is 29.1. The predicted molar refractivity (Wildman–Crippen MR) is 65.7 cm³/mol. The Hall–Kier alpha value is -0.530. The summed E-state index contributed by atoms with van der Waals surface area (Å²) in [5.74, 6) is 1.72. The molecule has 2 atom stereocenters. The third-order valence-electron chi connectivity index (χ3n) is 3.72. The highest BCUT2D eigenvalue weighted by atomic mass is 35.5. The molecule has 0 radical (unpaired) electrons. The van der Waals surface area contributed by atoms with E-state index in [1.165, 1.54) is 25.9 Å². The molecule has 2 aliphatic rings. The Labute approximate surface area is 97.9 Å². The van der Waals surface area contributed by atoms with E-state index in [0.717, 1.165) is 11.8 Å². The summed E-state index contributed by atoms with van der Waals surface area (Å²) in [6.07, 6.45) is 2.72. The molecule has 0 spiro atoms. The van der Waals surface area contributed by atoms with Crippen LogP contribution in [0.5, 0.6) is 0 Å². The van der Waals surface area contributed by atoms with Gasteiger partial charge >= 0.3 is 0 Å². The molecule has 3 rings (SSSR count). The lowest BCUT2D eigenvalue weighted by Crippen LogP contribution is -2.40. The van der Waals surface area contributed by atoms with Crippen molar-refractivity contribution in [1.29, 1.82) is 0 Å². The van der Waals surface area contributed by atoms with Gasteiger partial charge in [-0.15, -0.1) is 12.4 Å². The summed E-state index contributed by atoms with van der Waals surface area (Å²) in [7, 11) is 2.26. The van der Waals surface area contributed by atoms with Gasteiger partial charge in [0, 0.05) is 13.1 Å². The molecule has 2 bridgehead atoms. The maximum absolute atomic E-state index is 2.49. The van der Waals surface area contributed by atoms with Gasteiger partial charge in [-0.1, -0.05) is 24.3 Å². The van der Waals surface area contributed by atoms with Crippen molar-refractivity contribution in [2.45, 2.75) is 18.8 Å². The summed E-state index contributed by atoms with van der Waals surface area (Å²) in [6, 6.07) is 9.02. The first-order valence-electron chi connectivity index (χ1n) is 5.59. The lowest BCUT2D eigenvalue weighted by atomic mass is 9.74. The summed E-state index contributed by atoms with van der Waals surface area (Å²) >= 11 is 0. The van der Waals surface area contributed by atoms with Gasteiger partial charge in [0.05, 0.1) is 0 Å². The maximum Gasteiger partial charge on any atom is 0.00475 e. The molecule has 1 fully saturated rings. The molecule has 1 aliphatic carbocycles. The SMILES string of the molecule is CN1CC2Cc3ccccc3C(C2)C1.Cl. The number of rotatable bonds is 0. The molecule has 1 nitrogen and oxygen atoms in total. The van der Waals surface area contributed by atoms with Crippen LogP contribution in [0.1, 0.15) is 23.5 Å². The number of nitrogens with zero attached hydrogens (tertiary/aromatic N) is 1. The van der Waals surface area contributed by atoms with Gasteiger partial charge in [0.15, 0.2) is 0 Å². The molecule has 1 aromatic rings. The van der Waals surface area contributed by atoms with E-state index in [1.54, 1.807) is 11.1 Å². The van der Waals surface area contributed by atoms with Crippen LogP contribution in [0.25, 0.3) is 0 Å². The second-order valence-corrected chi connectivity index (χ2v) is 4.92. The minimum absolute atomic E-state index is 0. The molecule has 2 heteroatoms. The minimum atomic E-state index is 0. The Balaban J connectivity index is 0.000000853. The Bertz CT molecular complexity index is 350. The van der Waals surface area contributed by atoms with Gasteiger partial charge < -0.3 is 4.90 Å². The minimum Gasteiger partial charge on any atom is -0.305 e. The zero-order valence-electron chi connectivity index (χ0n) is 9.15. The standard InChI is InChI=1S/C13H17N.ClH/c1-14-8-10-6-11-4-2-3-5-13(11)12(7-10)9-14;/h2-5,10,12H,6-9H2,1H3;1H. The lowest BCUT2D eigenvalue weighted by Gasteiger charge is -2.40. The highest BCUT2D eigenvalue weighted by Crippen LogP contribution is 2.38. The first-order valence-corrected chi connectivity index (χ1v) is 5.59. The maximum atomic E-state index is 2.49. The first-order chi connectivity index (χ1) is 6.83. The summed E-state index contributed by atoms with van der Waals surface area (Å²) in [5.41, 5.74) is 3.23. The Kier molecular flexibility index (Phi) is 3.03. The van der Waals surface area contributed by atoms with Crippen LogP contribution in [-0.2, 0) is 6.42 Å². The van der Waals surface area contributed by atoms with E-state index in [2.05, 4.69) is 36.2 Å². The first kappa shape index (κ1) is 11.0. The van der Waals surface area contributed by atoms with Crippen molar-refractivity contribution in [2.75, 3.05) is 20.1 Å². The summed E-state index contributed by atoms with van der Waals surface area (Å²) in [5, 5.41) is 0. The van der Waals surface area contributed by atoms with Crippen LogP contribution in [0.2, 0.25) is 0 Å². The van der Waals surface area contributed by atoms with E-state index >= 15 is 0 Å². The van der Waals surface area contributed by atoms with Crippen molar-refractivity contribution in [2.24, 2.45) is 5.92 Å². The molecular formula is C13H18ClN. The Morgan fingerprint density at radius 2 is 2.00 bits per heavy atom. The van der Waals surface area contributed by atoms with Crippen LogP contribution in [-0.4, -0.2) is 25.0 Å². The van der Waals surface area contributed by atoms with Crippen molar-refractivity contribution >= 4 is 12.4 Å². The van der Waals surface area contributed by atoms with E-state index in [4.69, 9.17) is 0 Å². The fourth-order valence-corrected chi connectivity index (χ4v) is 3.25. The van der Waals surface area contributed by atoms with E-state index in [0.29, 0.717) is 0 Å². The number of piperidine rings is 1. The monoisotopic (exact) mass is 223 g/mol. The Morgan fingerprint density at radius 1 is 1.20 bits per heavy atom. The van der Waals surface area contributed by atoms with Gasteiger partial charge in [0.2, 0.25) is 0 Å². The lowest BCUT2D eigenvalue weighted by molar-refractivity contribution is 0.175. The van der Waals surface area contributed by atoms with Gasteiger partial charge in [0.25, 0.3) is 0 Å². The zero-order valence-corrected chi connectivity index (χ0v) is 9.96. The van der Waals surface area contributed by atoms with E-state index in [-0.39, 0.29) is 12.4 Å². The highest BCUT2D eigenvalue weighted by Gasteiger charge is 2.31. The second kappa shape index (κ2) is 4.15. The summed E-state index contributed by atoms with van der Waals surface area (Å²) in [6.45, 7) is 2.55. The summed E-state index contributed by atoms with van der Waals surface area (Å²) < 4.78 is 0. The molecular weight excluding hydrogens is 206 g/mol. The molecule has 0 amide bonds. The molecule has 1 heterocycles. The van der Waals surface area contributed by atoms with Gasteiger partial charge in [-0.3, -0.25) is 0 Å². The number of hydrogen-bond donors (Lipinski definition) is 0. The molecule has 0 saturated carbocycles. The third-order valence-corrected chi connectivity index (χ3v) is 3.72. The van der Waals surface area contributed by atoms with Crippen molar-refractivity contribution in [3.05, 3.63) is 35.4 Å². The average molecular weight is 224 g/mol. The summed E-state index contributed by atoms with van der Waals surface area (Å²) in [4.78, 5) is 2.49. The number of likely N-dealkylation sites (N-methyl/N-ethyl adjacent to an activating group) is 1. The van der Waals surface area contributed by atoms with Gasteiger partial charge in [-0.05, 0) is 42.9 Å². The topological polar surface area (TPSA) is 3.24 Å². The molecule has 1 aliphatic heterocycles. The van der Waals surface area contributed by atoms with Crippen LogP contribution in [0.4, 0.5) is 0 Å². The molecule has 0 N–H and O–H groups in total. The van der Waals surface area contributed by atoms with E-state index in [9.17, 15) is 0 Å². The van der Waals surface area contributed by atoms with Crippen molar-refractivity contribution in [3.8, 4) is 0 Å². The van der Waals surface area contributed by atoms with Crippen LogP contribution in [0.3, 0.4) is 0 Å². The Morgan fingerprint density at radius 3 is 2.87 bits per heavy atom. The fraction of sp³-hybridized carbons (Fsp3) is 0.538. The van der Waals surface area contributed by atoms with Gasteiger partial charge in [0.1, 0.15) is 0 Å². The van der Waals surface area contributed by atoms with Crippen molar-refractivity contribution in [3.63, 3.8) is 0 Å². The predicted octanol–water partition coefficient (Wildman–Crippen LogP) is 2.70.